The Kier molecular flexibility index (Phi) is 8.69. The van der Waals surface area contributed by atoms with Crippen molar-refractivity contribution in [2.75, 3.05) is 59.5 Å². The Bertz CT molecular complexity index is 242. The average Bonchev–Trinajstić information content (AvgIpc) is 2.51. The molecule has 2 saturated heterocycles. The molecule has 0 aromatic rings. The lowest BCUT2D eigenvalue weighted by atomic mass is 10.1. The molecule has 120 valence electrons. The van der Waals surface area contributed by atoms with Crippen LogP contribution in [0.3, 0.4) is 0 Å². The van der Waals surface area contributed by atoms with E-state index in [4.69, 9.17) is 4.74 Å². The third kappa shape index (κ3) is 5.68. The first-order chi connectivity index (χ1) is 9.69. The van der Waals surface area contributed by atoms with Crippen LogP contribution in [0.15, 0.2) is 0 Å². The van der Waals surface area contributed by atoms with Crippen LogP contribution in [0, 0.1) is 0 Å². The van der Waals surface area contributed by atoms with Gasteiger partial charge in [-0.05, 0) is 20.4 Å². The van der Waals surface area contributed by atoms with Crippen LogP contribution in [-0.2, 0) is 4.74 Å². The molecule has 0 amide bonds. The van der Waals surface area contributed by atoms with Gasteiger partial charge in [-0.15, -0.1) is 0 Å². The fourth-order valence-electron chi connectivity index (χ4n) is 2.83. The zero-order valence-electron chi connectivity index (χ0n) is 14.3. The normalized spacial score (nSPS) is 27.8. The Morgan fingerprint density at radius 3 is 2.35 bits per heavy atom. The molecule has 0 N–H and O–H groups in total. The van der Waals surface area contributed by atoms with E-state index in [0.717, 1.165) is 26.2 Å². The molecule has 4 nitrogen and oxygen atoms in total. The minimum Gasteiger partial charge on any atom is -0.374 e. The van der Waals surface area contributed by atoms with Gasteiger partial charge >= 0.3 is 0 Å². The fraction of sp³-hybridized carbons (Fsp3) is 1.00. The largest absolute Gasteiger partial charge is 0.374 e. The predicted octanol–water partition coefficient (Wildman–Crippen LogP) is 1.76. The average molecular weight is 285 g/mol. The van der Waals surface area contributed by atoms with Gasteiger partial charge in [0, 0.05) is 51.9 Å². The first-order valence-electron chi connectivity index (χ1n) is 8.45. The Morgan fingerprint density at radius 2 is 1.75 bits per heavy atom. The highest BCUT2D eigenvalue weighted by Gasteiger charge is 2.25. The minimum atomic E-state index is 0.413. The quantitative estimate of drug-likeness (QED) is 0.783. The van der Waals surface area contributed by atoms with Crippen LogP contribution < -0.4 is 0 Å². The molecule has 2 aliphatic heterocycles. The maximum atomic E-state index is 5.94. The Morgan fingerprint density at radius 1 is 1.10 bits per heavy atom. The van der Waals surface area contributed by atoms with Crippen molar-refractivity contribution in [2.45, 2.75) is 46.3 Å². The van der Waals surface area contributed by atoms with E-state index in [9.17, 15) is 0 Å². The molecule has 0 aromatic carbocycles. The van der Waals surface area contributed by atoms with Gasteiger partial charge in [0.05, 0.1) is 12.7 Å². The summed E-state index contributed by atoms with van der Waals surface area (Å²) in [5.74, 6) is 0. The summed E-state index contributed by atoms with van der Waals surface area (Å²) >= 11 is 0. The Hall–Kier alpha value is -0.160. The van der Waals surface area contributed by atoms with E-state index in [0.29, 0.717) is 12.1 Å². The third-order valence-corrected chi connectivity index (χ3v) is 4.44. The summed E-state index contributed by atoms with van der Waals surface area (Å²) < 4.78 is 5.94. The first kappa shape index (κ1) is 17.9. The van der Waals surface area contributed by atoms with E-state index >= 15 is 0 Å². The van der Waals surface area contributed by atoms with Crippen LogP contribution in [0.25, 0.3) is 0 Å². The molecule has 0 saturated carbocycles. The van der Waals surface area contributed by atoms with E-state index in [1.165, 1.54) is 32.6 Å². The number of nitrogens with zero attached hydrogens (tertiary/aromatic N) is 3. The molecule has 2 aliphatic rings. The molecule has 0 aliphatic carbocycles. The van der Waals surface area contributed by atoms with Crippen molar-refractivity contribution in [2.24, 2.45) is 0 Å². The van der Waals surface area contributed by atoms with Crippen molar-refractivity contribution in [3.05, 3.63) is 0 Å². The van der Waals surface area contributed by atoms with Crippen molar-refractivity contribution >= 4 is 0 Å². The van der Waals surface area contributed by atoms with Crippen LogP contribution in [0.1, 0.15) is 34.1 Å². The standard InChI is InChI=1S/C14H29N3O.C2H6/c1-4-13(2)17-9-10-18-14(12-17)11-16-7-5-15(3)6-8-16;1-2/h13-14H,4-12H2,1-3H3;1-2H3. The molecule has 0 radical (unpaired) electrons. The lowest BCUT2D eigenvalue weighted by Gasteiger charge is -2.40. The maximum Gasteiger partial charge on any atom is 0.0829 e. The summed E-state index contributed by atoms with van der Waals surface area (Å²) in [6.45, 7) is 17.6. The van der Waals surface area contributed by atoms with Crippen molar-refractivity contribution in [3.63, 3.8) is 0 Å². The van der Waals surface area contributed by atoms with Gasteiger partial charge in [0.1, 0.15) is 0 Å². The minimum absolute atomic E-state index is 0.413. The molecule has 2 rings (SSSR count). The number of rotatable bonds is 4. The monoisotopic (exact) mass is 285 g/mol. The number of morpholine rings is 1. The highest BCUT2D eigenvalue weighted by atomic mass is 16.5. The Balaban J connectivity index is 0.000000956. The number of hydrogen-bond donors (Lipinski definition) is 0. The topological polar surface area (TPSA) is 19.0 Å². The summed E-state index contributed by atoms with van der Waals surface area (Å²) in [6, 6.07) is 0.698. The van der Waals surface area contributed by atoms with Gasteiger partial charge < -0.3 is 9.64 Å². The van der Waals surface area contributed by atoms with Gasteiger partial charge in [-0.3, -0.25) is 9.80 Å². The van der Waals surface area contributed by atoms with E-state index in [-0.39, 0.29) is 0 Å². The van der Waals surface area contributed by atoms with Crippen LogP contribution in [-0.4, -0.2) is 86.3 Å². The lowest BCUT2D eigenvalue weighted by molar-refractivity contribution is -0.0579. The predicted molar refractivity (Wildman–Crippen MR) is 86.4 cm³/mol. The SMILES string of the molecule is CC.CCC(C)N1CCOC(CN2CCN(C)CC2)C1. The van der Waals surface area contributed by atoms with Crippen LogP contribution >= 0.6 is 0 Å². The van der Waals surface area contributed by atoms with Crippen LogP contribution in [0.2, 0.25) is 0 Å². The van der Waals surface area contributed by atoms with Gasteiger partial charge in [0.25, 0.3) is 0 Å². The van der Waals surface area contributed by atoms with E-state index in [2.05, 4.69) is 35.6 Å². The van der Waals surface area contributed by atoms with Gasteiger partial charge in [0.15, 0.2) is 0 Å². The second-order valence-electron chi connectivity index (χ2n) is 5.85. The van der Waals surface area contributed by atoms with E-state index < -0.39 is 0 Å². The molecule has 2 fully saturated rings. The van der Waals surface area contributed by atoms with Crippen molar-refractivity contribution in [1.29, 1.82) is 0 Å². The number of likely N-dealkylation sites (N-methyl/N-ethyl adjacent to an activating group) is 1. The molecule has 2 heterocycles. The van der Waals surface area contributed by atoms with E-state index in [1.54, 1.807) is 0 Å². The van der Waals surface area contributed by atoms with Crippen molar-refractivity contribution in [3.8, 4) is 0 Å². The summed E-state index contributed by atoms with van der Waals surface area (Å²) in [5, 5.41) is 0. The van der Waals surface area contributed by atoms with E-state index in [1.807, 2.05) is 13.8 Å². The van der Waals surface area contributed by atoms with Gasteiger partial charge in [-0.2, -0.15) is 0 Å². The van der Waals surface area contributed by atoms with Gasteiger partial charge in [0.2, 0.25) is 0 Å². The smallest absolute Gasteiger partial charge is 0.0829 e. The van der Waals surface area contributed by atoms with Crippen LogP contribution in [0.5, 0.6) is 0 Å². The summed E-state index contributed by atoms with van der Waals surface area (Å²) in [6.07, 6.45) is 1.65. The summed E-state index contributed by atoms with van der Waals surface area (Å²) in [7, 11) is 2.21. The second-order valence-corrected chi connectivity index (χ2v) is 5.85. The molecule has 0 spiro atoms. The maximum absolute atomic E-state index is 5.94. The first-order valence-corrected chi connectivity index (χ1v) is 8.45. The summed E-state index contributed by atoms with van der Waals surface area (Å²) in [4.78, 5) is 7.55. The molecular formula is C16H35N3O. The van der Waals surface area contributed by atoms with Crippen LogP contribution in [0.4, 0.5) is 0 Å². The summed E-state index contributed by atoms with van der Waals surface area (Å²) in [5.41, 5.74) is 0. The fourth-order valence-corrected chi connectivity index (χ4v) is 2.83. The number of piperazine rings is 1. The Labute approximate surface area is 126 Å². The molecule has 4 heteroatoms. The molecule has 20 heavy (non-hydrogen) atoms. The second kappa shape index (κ2) is 9.72. The molecule has 0 bridgehead atoms. The van der Waals surface area contributed by atoms with Gasteiger partial charge in [-0.1, -0.05) is 20.8 Å². The molecular weight excluding hydrogens is 250 g/mol. The zero-order chi connectivity index (χ0) is 15.0. The number of hydrogen-bond acceptors (Lipinski definition) is 4. The van der Waals surface area contributed by atoms with Crippen molar-refractivity contribution < 1.29 is 4.74 Å². The molecule has 0 aromatic heterocycles. The van der Waals surface area contributed by atoms with Crippen molar-refractivity contribution in [1.82, 2.24) is 14.7 Å². The molecule has 2 unspecified atom stereocenters. The zero-order valence-corrected chi connectivity index (χ0v) is 14.3. The molecule has 2 atom stereocenters. The highest BCUT2D eigenvalue weighted by molar-refractivity contribution is 4.79. The number of ether oxygens (including phenoxy) is 1. The third-order valence-electron chi connectivity index (χ3n) is 4.44. The lowest BCUT2D eigenvalue weighted by Crippen LogP contribution is -2.53. The van der Waals surface area contributed by atoms with Gasteiger partial charge in [-0.25, -0.2) is 0 Å². The highest BCUT2D eigenvalue weighted by Crippen LogP contribution is 2.13.